The lowest BCUT2D eigenvalue weighted by atomic mass is 9.95. The van der Waals surface area contributed by atoms with E-state index in [0.29, 0.717) is 28.3 Å². The molecule has 1 aromatic carbocycles. The van der Waals surface area contributed by atoms with Gasteiger partial charge in [-0.2, -0.15) is 13.9 Å². The highest BCUT2D eigenvalue weighted by atomic mass is 35.5. The molecule has 1 aliphatic carbocycles. The van der Waals surface area contributed by atoms with Gasteiger partial charge in [0.05, 0.1) is 17.8 Å². The van der Waals surface area contributed by atoms with Crippen molar-refractivity contribution < 1.29 is 23.1 Å². The Kier molecular flexibility index (Phi) is 6.65. The molecule has 36 heavy (non-hydrogen) atoms. The quantitative estimate of drug-likeness (QED) is 0.475. The minimum Gasteiger partial charge on any atom is -0.458 e. The maximum atomic E-state index is 15.4. The number of halogens is 3. The number of allylic oxidation sites excluding steroid dienone is 1. The van der Waals surface area contributed by atoms with E-state index in [4.69, 9.17) is 16.0 Å². The van der Waals surface area contributed by atoms with Crippen molar-refractivity contribution in [2.75, 3.05) is 19.6 Å². The maximum Gasteiger partial charge on any atom is 0.380 e. The molecule has 10 heteroatoms. The number of fused-ring (bicyclic) bond motifs is 2. The molecule has 3 heterocycles. The third-order valence-corrected chi connectivity index (χ3v) is 7.38. The van der Waals surface area contributed by atoms with Crippen LogP contribution in [0.1, 0.15) is 60.9 Å². The van der Waals surface area contributed by atoms with E-state index in [1.807, 2.05) is 13.0 Å². The highest BCUT2D eigenvalue weighted by molar-refractivity contribution is 6.31. The Bertz CT molecular complexity index is 1310. The SMILES string of the molecule is CC1CC(Cl)=Cc2cc(C(F)(F)C(=O)N[C@H](CN3CCCC3)[C@H](O)c3ccc4cnn(C)c4c3)oc21. The summed E-state index contributed by atoms with van der Waals surface area (Å²) in [6.07, 6.45) is 4.56. The van der Waals surface area contributed by atoms with Crippen LogP contribution in [0, 0.1) is 0 Å². The van der Waals surface area contributed by atoms with Crippen LogP contribution >= 0.6 is 11.6 Å². The molecule has 0 saturated carbocycles. The lowest BCUT2D eigenvalue weighted by molar-refractivity contribution is -0.151. The van der Waals surface area contributed by atoms with Gasteiger partial charge in [-0.1, -0.05) is 30.7 Å². The van der Waals surface area contributed by atoms with Gasteiger partial charge in [-0.05, 0) is 56.1 Å². The van der Waals surface area contributed by atoms with E-state index in [9.17, 15) is 9.90 Å². The second-order valence-electron chi connectivity index (χ2n) is 9.82. The summed E-state index contributed by atoms with van der Waals surface area (Å²) >= 11 is 6.12. The van der Waals surface area contributed by atoms with E-state index < -0.39 is 29.7 Å². The Hall–Kier alpha value is -2.75. The number of aliphatic hydroxyl groups is 1. The van der Waals surface area contributed by atoms with Crippen LogP contribution in [0.25, 0.3) is 17.0 Å². The van der Waals surface area contributed by atoms with Crippen LogP contribution in [0.3, 0.4) is 0 Å². The largest absolute Gasteiger partial charge is 0.458 e. The van der Waals surface area contributed by atoms with Crippen LogP contribution in [0.2, 0.25) is 0 Å². The first-order valence-corrected chi connectivity index (χ1v) is 12.5. The molecule has 1 aliphatic heterocycles. The van der Waals surface area contributed by atoms with E-state index in [2.05, 4.69) is 15.3 Å². The standard InChI is InChI=1S/C26H29ClF2N4O3/c1-15-9-19(27)10-18-12-22(36-24(15)18)26(28,29)25(35)31-20(14-33-7-3-4-8-33)23(34)16-5-6-17-13-30-32(2)21(17)11-16/h5-6,10-13,15,20,23,34H,3-4,7-9,14H2,1-2H3,(H,31,35)/t15?,20-,23-/m1/s1. The number of carbonyl (C=O) groups is 1. The number of likely N-dealkylation sites (tertiary alicyclic amines) is 1. The first kappa shape index (κ1) is 24.9. The molecule has 1 amide bonds. The summed E-state index contributed by atoms with van der Waals surface area (Å²) in [5, 5.41) is 19.3. The number of hydrogen-bond donors (Lipinski definition) is 2. The van der Waals surface area contributed by atoms with Crippen molar-refractivity contribution >= 4 is 34.5 Å². The van der Waals surface area contributed by atoms with E-state index in [1.165, 1.54) is 6.07 Å². The summed E-state index contributed by atoms with van der Waals surface area (Å²) in [4.78, 5) is 15.0. The van der Waals surface area contributed by atoms with Crippen molar-refractivity contribution in [3.8, 4) is 0 Å². The van der Waals surface area contributed by atoms with Crippen molar-refractivity contribution in [2.45, 2.75) is 50.2 Å². The molecule has 0 bridgehead atoms. The van der Waals surface area contributed by atoms with Crippen LogP contribution in [0.5, 0.6) is 0 Å². The number of alkyl halides is 2. The second-order valence-corrected chi connectivity index (χ2v) is 10.3. The van der Waals surface area contributed by atoms with Crippen LogP contribution in [-0.4, -0.2) is 51.4 Å². The minimum absolute atomic E-state index is 0.170. The molecule has 2 N–H and O–H groups in total. The Balaban J connectivity index is 1.41. The third kappa shape index (κ3) is 4.67. The first-order valence-electron chi connectivity index (χ1n) is 12.1. The summed E-state index contributed by atoms with van der Waals surface area (Å²) in [5.74, 6) is -5.95. The average molecular weight is 519 g/mol. The number of nitrogens with zero attached hydrogens (tertiary/aromatic N) is 3. The van der Waals surface area contributed by atoms with E-state index >= 15 is 8.78 Å². The predicted molar refractivity (Wildman–Crippen MR) is 133 cm³/mol. The number of aromatic nitrogens is 2. The van der Waals surface area contributed by atoms with Crippen molar-refractivity contribution in [3.05, 3.63) is 58.1 Å². The number of aliphatic hydroxyl groups excluding tert-OH is 1. The fourth-order valence-electron chi connectivity index (χ4n) is 5.10. The summed E-state index contributed by atoms with van der Waals surface area (Å²) < 4.78 is 37.8. The van der Waals surface area contributed by atoms with Crippen molar-refractivity contribution in [1.82, 2.24) is 20.0 Å². The maximum absolute atomic E-state index is 15.4. The third-order valence-electron chi connectivity index (χ3n) is 7.11. The molecule has 3 aromatic rings. The zero-order chi connectivity index (χ0) is 25.6. The fourth-order valence-corrected chi connectivity index (χ4v) is 5.45. The molecule has 1 unspecified atom stereocenters. The number of benzene rings is 1. The molecule has 0 spiro atoms. The summed E-state index contributed by atoms with van der Waals surface area (Å²) in [7, 11) is 1.79. The number of nitrogens with one attached hydrogen (secondary N) is 1. The minimum atomic E-state index is -3.92. The number of rotatable bonds is 7. The normalized spacial score (nSPS) is 20.3. The van der Waals surface area contributed by atoms with E-state index in [1.54, 1.807) is 36.1 Å². The lowest BCUT2D eigenvalue weighted by Crippen LogP contribution is -2.50. The number of aryl methyl sites for hydroxylation is 1. The molecule has 0 radical (unpaired) electrons. The molecule has 2 aromatic heterocycles. The Labute approximate surface area is 212 Å². The molecular weight excluding hydrogens is 490 g/mol. The van der Waals surface area contributed by atoms with E-state index in [-0.39, 0.29) is 12.5 Å². The molecule has 192 valence electrons. The van der Waals surface area contributed by atoms with Gasteiger partial charge in [0.15, 0.2) is 5.76 Å². The van der Waals surface area contributed by atoms with Gasteiger partial charge in [0.25, 0.3) is 5.91 Å². The predicted octanol–water partition coefficient (Wildman–Crippen LogP) is 4.66. The number of hydrogen-bond acceptors (Lipinski definition) is 5. The molecule has 1 saturated heterocycles. The van der Waals surface area contributed by atoms with Gasteiger partial charge in [-0.3, -0.25) is 9.48 Å². The molecule has 1 fully saturated rings. The number of amides is 1. The zero-order valence-electron chi connectivity index (χ0n) is 20.2. The Morgan fingerprint density at radius 2 is 2.08 bits per heavy atom. The fraction of sp³-hybridized carbons (Fsp3) is 0.462. The molecule has 5 rings (SSSR count). The highest BCUT2D eigenvalue weighted by Gasteiger charge is 2.47. The van der Waals surface area contributed by atoms with Crippen molar-refractivity contribution in [1.29, 1.82) is 0 Å². The van der Waals surface area contributed by atoms with Gasteiger partial charge in [0.2, 0.25) is 0 Å². The number of carbonyl (C=O) groups excluding carboxylic acids is 1. The van der Waals surface area contributed by atoms with Gasteiger partial charge in [-0.15, -0.1) is 0 Å². The second kappa shape index (κ2) is 9.61. The van der Waals surface area contributed by atoms with Gasteiger partial charge < -0.3 is 19.7 Å². The monoisotopic (exact) mass is 518 g/mol. The Morgan fingerprint density at radius 1 is 1.33 bits per heavy atom. The van der Waals surface area contributed by atoms with Crippen LogP contribution in [0.4, 0.5) is 8.78 Å². The van der Waals surface area contributed by atoms with Crippen LogP contribution in [-0.2, 0) is 17.8 Å². The topological polar surface area (TPSA) is 83.5 Å². The molecule has 3 atom stereocenters. The first-order chi connectivity index (χ1) is 17.1. The van der Waals surface area contributed by atoms with Crippen LogP contribution < -0.4 is 5.32 Å². The van der Waals surface area contributed by atoms with Gasteiger partial charge in [0, 0.05) is 35.5 Å². The average Bonchev–Trinajstić information content (AvgIpc) is 3.58. The highest BCUT2D eigenvalue weighted by Crippen LogP contribution is 2.41. The Morgan fingerprint density at radius 3 is 2.83 bits per heavy atom. The van der Waals surface area contributed by atoms with Gasteiger partial charge in [0.1, 0.15) is 11.9 Å². The summed E-state index contributed by atoms with van der Waals surface area (Å²) in [6, 6.07) is 5.54. The summed E-state index contributed by atoms with van der Waals surface area (Å²) in [6.45, 7) is 3.65. The van der Waals surface area contributed by atoms with Gasteiger partial charge >= 0.3 is 5.92 Å². The lowest BCUT2D eigenvalue weighted by Gasteiger charge is -2.30. The molecule has 7 nitrogen and oxygen atoms in total. The van der Waals surface area contributed by atoms with E-state index in [0.717, 1.165) is 36.8 Å². The van der Waals surface area contributed by atoms with Crippen molar-refractivity contribution in [3.63, 3.8) is 0 Å². The summed E-state index contributed by atoms with van der Waals surface area (Å²) in [5.41, 5.74) is 1.77. The zero-order valence-corrected chi connectivity index (χ0v) is 20.9. The van der Waals surface area contributed by atoms with Gasteiger partial charge in [-0.25, -0.2) is 0 Å². The molecular formula is C26H29ClF2N4O3. The number of furan rings is 1. The van der Waals surface area contributed by atoms with Crippen molar-refractivity contribution in [2.24, 2.45) is 7.05 Å². The smallest absolute Gasteiger partial charge is 0.380 e. The van der Waals surface area contributed by atoms with Crippen LogP contribution in [0.15, 0.2) is 39.9 Å². The molecule has 2 aliphatic rings.